The molecule has 2 aliphatic heterocycles. The lowest BCUT2D eigenvalue weighted by Crippen LogP contribution is -3.00. The first-order valence-corrected chi connectivity index (χ1v) is 13.9. The van der Waals surface area contributed by atoms with Crippen molar-refractivity contribution in [1.82, 2.24) is 0 Å². The molecule has 0 radical (unpaired) electrons. The van der Waals surface area contributed by atoms with Gasteiger partial charge < -0.3 is 96.0 Å². The molecule has 258 valence electrons. The van der Waals surface area contributed by atoms with Gasteiger partial charge in [-0.3, -0.25) is 0 Å². The van der Waals surface area contributed by atoms with Crippen LogP contribution in [0, 0.1) is 5.92 Å². The van der Waals surface area contributed by atoms with E-state index in [4.69, 9.17) is 43.4 Å². The number of rotatable bonds is 19. The number of nitrogens with zero attached hydrogens (tertiary/aromatic N) is 1. The molecule has 9 N–H and O–H groups in total. The maximum absolute atomic E-state index is 11.3. The zero-order chi connectivity index (χ0) is 31.4. The molecule has 0 aromatic carbocycles. The molecule has 0 spiro atoms. The van der Waals surface area contributed by atoms with Crippen molar-refractivity contribution in [2.45, 2.75) is 67.5 Å². The van der Waals surface area contributed by atoms with Gasteiger partial charge in [-0.1, -0.05) is 0 Å². The molecule has 2 heterocycles. The van der Waals surface area contributed by atoms with Gasteiger partial charge in [-0.05, 0) is 0 Å². The summed E-state index contributed by atoms with van der Waals surface area (Å²) in [6, 6.07) is 0. The van der Waals surface area contributed by atoms with Gasteiger partial charge in [0.25, 0.3) is 0 Å². The van der Waals surface area contributed by atoms with Crippen molar-refractivity contribution in [2.24, 2.45) is 5.92 Å². The molecule has 0 aliphatic carbocycles. The topological polar surface area (TPSA) is 247 Å². The Hall–Kier alpha value is -0.390. The summed E-state index contributed by atoms with van der Waals surface area (Å²) < 4.78 is 39.1. The summed E-state index contributed by atoms with van der Waals surface area (Å²) in [5.74, 6) is -1.38. The first-order chi connectivity index (χ1) is 19.9. The number of quaternary nitrogens is 1. The number of hydrogen-bond donors (Lipinski definition) is 9. The quantitative estimate of drug-likeness (QED) is 0.0463. The van der Waals surface area contributed by atoms with E-state index in [1.807, 2.05) is 21.1 Å². The van der Waals surface area contributed by atoms with Crippen LogP contribution in [0.4, 0.5) is 0 Å². The zero-order valence-corrected chi connectivity index (χ0v) is 25.5. The van der Waals surface area contributed by atoms with Gasteiger partial charge in [0.2, 0.25) is 0 Å². The van der Waals surface area contributed by atoms with E-state index in [-0.39, 0.29) is 52.0 Å². The predicted molar refractivity (Wildman–Crippen MR) is 139 cm³/mol. The highest BCUT2D eigenvalue weighted by molar-refractivity contribution is 4.96. The number of hydrogen-bond acceptors (Lipinski definition) is 16. The Balaban J connectivity index is 0.00000924. The van der Waals surface area contributed by atoms with E-state index in [2.05, 4.69) is 0 Å². The maximum Gasteiger partial charge on any atom is 0.187 e. The smallest absolute Gasteiger partial charge is 0.187 e. The van der Waals surface area contributed by atoms with Gasteiger partial charge in [-0.2, -0.15) is 0 Å². The standard InChI is InChI=1S/C25H50NO16.ClH/c1-26(2,3)8-14(31)10-36-11-15(32)18-19(33)21(17(12-37-13-30)40-24(18)35)42-25-20(34)23(39-7-5-28)22(38-6-4-27)16(9-29)41-25;/h14-25,27-35H,4-13H2,1-3H3;1H/q+1;/p-1/t14?,15?,16-,17-,18-,19+,20-,21-,22-,23-,24-,25?;/m1./s1. The van der Waals surface area contributed by atoms with E-state index in [0.717, 1.165) is 0 Å². The van der Waals surface area contributed by atoms with Crippen molar-refractivity contribution in [3.8, 4) is 0 Å². The van der Waals surface area contributed by atoms with E-state index in [1.165, 1.54) is 0 Å². The van der Waals surface area contributed by atoms with Crippen LogP contribution in [0.15, 0.2) is 0 Å². The zero-order valence-electron chi connectivity index (χ0n) is 24.7. The highest BCUT2D eigenvalue weighted by Gasteiger charge is 2.53. The normalized spacial score (nSPS) is 34.9. The second-order valence-corrected chi connectivity index (χ2v) is 11.3. The molecule has 2 fully saturated rings. The molecule has 17 nitrogen and oxygen atoms in total. The summed E-state index contributed by atoms with van der Waals surface area (Å²) in [5.41, 5.74) is 0. The molecule has 2 saturated heterocycles. The Bertz CT molecular complexity index is 738. The lowest BCUT2D eigenvalue weighted by molar-refractivity contribution is -0.873. The van der Waals surface area contributed by atoms with Crippen LogP contribution < -0.4 is 12.4 Å². The molecule has 2 rings (SSSR count). The molecule has 0 bridgehead atoms. The fraction of sp³-hybridized carbons (Fsp3) is 1.00. The fourth-order valence-electron chi connectivity index (χ4n) is 5.04. The van der Waals surface area contributed by atoms with Crippen LogP contribution in [0.3, 0.4) is 0 Å². The molecule has 2 aliphatic rings. The molecule has 0 aromatic rings. The van der Waals surface area contributed by atoms with E-state index < -0.39 is 93.4 Å². The SMILES string of the molecule is C[N+](C)(C)CC(O)COCC(O)[C@@H]1[C@H](O)[C@H](OC2O[C@H](CO)[C@@H](OCCO)[C@H](OCCO)[C@H]2O)[C@@H](COCO)O[C@H]1O.[Cl-]. The van der Waals surface area contributed by atoms with Crippen molar-refractivity contribution in [3.05, 3.63) is 0 Å². The third kappa shape index (κ3) is 12.4. The molecule has 0 aromatic heterocycles. The Morgan fingerprint density at radius 3 is 1.95 bits per heavy atom. The maximum atomic E-state index is 11.3. The lowest BCUT2D eigenvalue weighted by Gasteiger charge is -2.48. The van der Waals surface area contributed by atoms with Gasteiger partial charge in [0.1, 0.15) is 56.1 Å². The summed E-state index contributed by atoms with van der Waals surface area (Å²) in [6.45, 7) is -2.94. The van der Waals surface area contributed by atoms with Gasteiger partial charge in [0.15, 0.2) is 12.6 Å². The minimum atomic E-state index is -1.72. The molecule has 3 unspecified atom stereocenters. The van der Waals surface area contributed by atoms with Crippen LogP contribution >= 0.6 is 0 Å². The van der Waals surface area contributed by atoms with Gasteiger partial charge >= 0.3 is 0 Å². The summed E-state index contributed by atoms with van der Waals surface area (Å²) in [5, 5.41) is 91.4. The average Bonchev–Trinajstić information content (AvgIpc) is 2.91. The molecule has 0 amide bonds. The highest BCUT2D eigenvalue weighted by atomic mass is 35.5. The van der Waals surface area contributed by atoms with Crippen LogP contribution in [0.1, 0.15) is 0 Å². The van der Waals surface area contributed by atoms with Crippen molar-refractivity contribution in [2.75, 3.05) is 87.3 Å². The van der Waals surface area contributed by atoms with Crippen LogP contribution in [0.2, 0.25) is 0 Å². The molecular weight excluding hydrogens is 606 g/mol. The minimum absolute atomic E-state index is 0. The highest BCUT2D eigenvalue weighted by Crippen LogP contribution is 2.34. The monoisotopic (exact) mass is 655 g/mol. The third-order valence-corrected chi connectivity index (χ3v) is 6.80. The van der Waals surface area contributed by atoms with Crippen LogP contribution in [-0.2, 0) is 33.2 Å². The largest absolute Gasteiger partial charge is 1.00 e. The summed E-state index contributed by atoms with van der Waals surface area (Å²) >= 11 is 0. The first kappa shape index (κ1) is 40.6. The summed E-state index contributed by atoms with van der Waals surface area (Å²) in [4.78, 5) is 0. The molecule has 12 atom stereocenters. The number of aliphatic hydroxyl groups is 9. The van der Waals surface area contributed by atoms with E-state index in [9.17, 15) is 35.7 Å². The lowest BCUT2D eigenvalue weighted by atomic mass is 9.86. The van der Waals surface area contributed by atoms with Gasteiger partial charge in [0.05, 0.1) is 92.1 Å². The Labute approximate surface area is 257 Å². The Kier molecular flexibility index (Phi) is 18.9. The van der Waals surface area contributed by atoms with Gasteiger partial charge in [-0.15, -0.1) is 0 Å². The predicted octanol–water partition coefficient (Wildman–Crippen LogP) is -8.69. The second-order valence-electron chi connectivity index (χ2n) is 11.3. The van der Waals surface area contributed by atoms with Crippen LogP contribution in [0.5, 0.6) is 0 Å². The molecule has 0 saturated carbocycles. The molecular formula is C25H50ClNO16. The number of likely N-dealkylation sites (N-methyl/N-ethyl adjacent to an activating group) is 1. The summed E-state index contributed by atoms with van der Waals surface area (Å²) in [7, 11) is 5.67. The Morgan fingerprint density at radius 1 is 0.767 bits per heavy atom. The van der Waals surface area contributed by atoms with Crippen molar-refractivity contribution in [1.29, 1.82) is 0 Å². The van der Waals surface area contributed by atoms with Gasteiger partial charge in [0, 0.05) is 0 Å². The number of halogens is 1. The van der Waals surface area contributed by atoms with Gasteiger partial charge in [-0.25, -0.2) is 0 Å². The third-order valence-electron chi connectivity index (χ3n) is 6.80. The minimum Gasteiger partial charge on any atom is -1.00 e. The number of aliphatic hydroxyl groups excluding tert-OH is 9. The first-order valence-electron chi connectivity index (χ1n) is 13.9. The average molecular weight is 656 g/mol. The van der Waals surface area contributed by atoms with Crippen LogP contribution in [-0.4, -0.2) is 205 Å². The van der Waals surface area contributed by atoms with E-state index in [0.29, 0.717) is 11.0 Å². The van der Waals surface area contributed by atoms with Crippen molar-refractivity contribution < 1.29 is 96.0 Å². The van der Waals surface area contributed by atoms with Crippen molar-refractivity contribution in [3.63, 3.8) is 0 Å². The van der Waals surface area contributed by atoms with Crippen LogP contribution in [0.25, 0.3) is 0 Å². The number of ether oxygens (including phenoxy) is 7. The second kappa shape index (κ2) is 20.0. The van der Waals surface area contributed by atoms with Crippen molar-refractivity contribution >= 4 is 0 Å². The van der Waals surface area contributed by atoms with E-state index >= 15 is 0 Å². The Morgan fingerprint density at radius 2 is 1.40 bits per heavy atom. The summed E-state index contributed by atoms with van der Waals surface area (Å²) in [6.07, 6.45) is -14.9. The molecule has 43 heavy (non-hydrogen) atoms. The molecule has 18 heteroatoms. The van der Waals surface area contributed by atoms with E-state index in [1.54, 1.807) is 0 Å². The fourth-order valence-corrected chi connectivity index (χ4v) is 5.04.